The molecule has 1 N–H and O–H groups in total. The first-order valence-corrected chi connectivity index (χ1v) is 6.09. The van der Waals surface area contributed by atoms with Crippen molar-refractivity contribution < 1.29 is 14.3 Å². The van der Waals surface area contributed by atoms with Gasteiger partial charge in [-0.05, 0) is 34.5 Å². The first kappa shape index (κ1) is 13.8. The predicted molar refractivity (Wildman–Crippen MR) is 70.4 cm³/mol. The molecule has 0 aliphatic rings. The van der Waals surface area contributed by atoms with Gasteiger partial charge in [0, 0.05) is 11.8 Å². The maximum absolute atomic E-state index is 11.4. The van der Waals surface area contributed by atoms with Gasteiger partial charge in [0.25, 0.3) is 0 Å². The molecule has 0 aliphatic carbocycles. The Kier molecular flexibility index (Phi) is 5.28. The van der Waals surface area contributed by atoms with Gasteiger partial charge in [-0.15, -0.1) is 0 Å². The number of rotatable bonds is 5. The largest absolute Gasteiger partial charge is 0.495 e. The highest BCUT2D eigenvalue weighted by Crippen LogP contribution is 2.28. The van der Waals surface area contributed by atoms with Crippen LogP contribution < -0.4 is 10.1 Å². The number of nitrogens with one attached hydrogen (secondary N) is 1. The first-order chi connectivity index (χ1) is 8.12. The van der Waals surface area contributed by atoms with Gasteiger partial charge in [-0.2, -0.15) is 0 Å². The van der Waals surface area contributed by atoms with Crippen LogP contribution in [0, 0.1) is 0 Å². The maximum atomic E-state index is 11.4. The van der Waals surface area contributed by atoms with Crippen molar-refractivity contribution in [1.29, 1.82) is 0 Å². The van der Waals surface area contributed by atoms with Crippen LogP contribution in [0.2, 0.25) is 0 Å². The van der Waals surface area contributed by atoms with E-state index >= 15 is 0 Å². The minimum absolute atomic E-state index is 0.269. The third-order valence-electron chi connectivity index (χ3n) is 2.39. The van der Waals surface area contributed by atoms with Crippen LogP contribution in [0.4, 0.5) is 5.69 Å². The summed E-state index contributed by atoms with van der Waals surface area (Å²) in [6.45, 7) is 1.92. The van der Waals surface area contributed by atoms with Crippen LogP contribution in [0.5, 0.6) is 5.75 Å². The fraction of sp³-hybridized carbons (Fsp3) is 0.417. The van der Waals surface area contributed by atoms with Crippen molar-refractivity contribution in [3.05, 3.63) is 22.7 Å². The van der Waals surface area contributed by atoms with E-state index in [0.29, 0.717) is 6.42 Å². The second-order valence-electron chi connectivity index (χ2n) is 3.48. The van der Waals surface area contributed by atoms with Crippen LogP contribution in [0.25, 0.3) is 0 Å². The van der Waals surface area contributed by atoms with Crippen LogP contribution in [0.3, 0.4) is 0 Å². The number of benzene rings is 1. The van der Waals surface area contributed by atoms with Crippen LogP contribution in [0.15, 0.2) is 22.7 Å². The molecule has 0 amide bonds. The third kappa shape index (κ3) is 3.63. The number of halogens is 1. The summed E-state index contributed by atoms with van der Waals surface area (Å²) >= 11 is 3.37. The Morgan fingerprint density at radius 3 is 2.71 bits per heavy atom. The Hall–Kier alpha value is -1.23. The number of carbonyl (C=O) groups excluding carboxylic acids is 1. The Morgan fingerprint density at radius 2 is 2.18 bits per heavy atom. The molecule has 4 nitrogen and oxygen atoms in total. The number of hydrogen-bond donors (Lipinski definition) is 1. The third-order valence-corrected chi connectivity index (χ3v) is 3.04. The predicted octanol–water partition coefficient (Wildman–Crippen LogP) is 2.82. The van der Waals surface area contributed by atoms with Gasteiger partial charge in [-0.1, -0.05) is 6.92 Å². The van der Waals surface area contributed by atoms with Crippen LogP contribution in [-0.4, -0.2) is 26.2 Å². The molecule has 0 saturated heterocycles. The molecular weight excluding hydrogens is 286 g/mol. The zero-order valence-electron chi connectivity index (χ0n) is 10.1. The molecule has 0 heterocycles. The molecule has 0 bridgehead atoms. The van der Waals surface area contributed by atoms with Crippen molar-refractivity contribution in [2.24, 2.45) is 0 Å². The van der Waals surface area contributed by atoms with Crippen LogP contribution in [0.1, 0.15) is 13.3 Å². The quantitative estimate of drug-likeness (QED) is 0.850. The summed E-state index contributed by atoms with van der Waals surface area (Å²) in [6.07, 6.45) is 0.658. The SMILES string of the molecule is CCC(Nc1ccc(Br)c(OC)c1)C(=O)OC. The lowest BCUT2D eigenvalue weighted by Gasteiger charge is -2.16. The molecule has 1 aromatic rings. The minimum Gasteiger partial charge on any atom is -0.495 e. The van der Waals surface area contributed by atoms with E-state index in [1.807, 2.05) is 25.1 Å². The van der Waals surface area contributed by atoms with E-state index in [2.05, 4.69) is 21.2 Å². The molecule has 1 aromatic carbocycles. The van der Waals surface area contributed by atoms with E-state index in [9.17, 15) is 4.79 Å². The highest BCUT2D eigenvalue weighted by Gasteiger charge is 2.16. The molecule has 5 heteroatoms. The summed E-state index contributed by atoms with van der Waals surface area (Å²) in [5.41, 5.74) is 0.822. The number of hydrogen-bond acceptors (Lipinski definition) is 4. The Balaban J connectivity index is 2.83. The van der Waals surface area contributed by atoms with Gasteiger partial charge in [0.1, 0.15) is 11.8 Å². The van der Waals surface area contributed by atoms with E-state index in [1.54, 1.807) is 7.11 Å². The minimum atomic E-state index is -0.342. The van der Waals surface area contributed by atoms with Crippen LogP contribution >= 0.6 is 15.9 Å². The van der Waals surface area contributed by atoms with E-state index < -0.39 is 0 Å². The second-order valence-corrected chi connectivity index (χ2v) is 4.33. The zero-order chi connectivity index (χ0) is 12.8. The Bertz CT molecular complexity index is 395. The number of esters is 1. The lowest BCUT2D eigenvalue weighted by Crippen LogP contribution is -2.29. The number of methoxy groups -OCH3 is 2. The molecule has 0 aliphatic heterocycles. The molecular formula is C12H16BrNO3. The van der Waals surface area contributed by atoms with Crippen molar-refractivity contribution in [2.75, 3.05) is 19.5 Å². The summed E-state index contributed by atoms with van der Waals surface area (Å²) < 4.78 is 10.8. The number of anilines is 1. The fourth-order valence-corrected chi connectivity index (χ4v) is 1.83. The van der Waals surface area contributed by atoms with Crippen molar-refractivity contribution >= 4 is 27.6 Å². The van der Waals surface area contributed by atoms with Gasteiger partial charge >= 0.3 is 5.97 Å². The molecule has 1 unspecified atom stereocenters. The lowest BCUT2D eigenvalue weighted by molar-refractivity contribution is -0.141. The summed E-state index contributed by atoms with van der Waals surface area (Å²) in [4.78, 5) is 11.4. The average Bonchev–Trinajstić information content (AvgIpc) is 2.36. The van der Waals surface area contributed by atoms with E-state index in [0.717, 1.165) is 15.9 Å². The number of ether oxygens (including phenoxy) is 2. The standard InChI is InChI=1S/C12H16BrNO3/c1-4-10(12(15)17-3)14-8-5-6-9(13)11(7-8)16-2/h5-7,10,14H,4H2,1-3H3. The molecule has 1 rings (SSSR count). The van der Waals surface area contributed by atoms with Crippen molar-refractivity contribution in [3.63, 3.8) is 0 Å². The van der Waals surface area contributed by atoms with Gasteiger partial charge < -0.3 is 14.8 Å². The van der Waals surface area contributed by atoms with Crippen molar-refractivity contribution in [1.82, 2.24) is 0 Å². The summed E-state index contributed by atoms with van der Waals surface area (Å²) in [5, 5.41) is 3.11. The fourth-order valence-electron chi connectivity index (χ4n) is 1.42. The highest BCUT2D eigenvalue weighted by molar-refractivity contribution is 9.10. The summed E-state index contributed by atoms with van der Waals surface area (Å²) in [6, 6.07) is 5.23. The normalized spacial score (nSPS) is 11.8. The summed E-state index contributed by atoms with van der Waals surface area (Å²) in [5.74, 6) is 0.448. The van der Waals surface area contributed by atoms with Gasteiger partial charge in [-0.3, -0.25) is 0 Å². The molecule has 0 aromatic heterocycles. The average molecular weight is 302 g/mol. The number of carbonyl (C=O) groups is 1. The Labute approximate surface area is 109 Å². The highest BCUT2D eigenvalue weighted by atomic mass is 79.9. The molecule has 0 saturated carbocycles. The molecule has 1 atom stereocenters. The van der Waals surface area contributed by atoms with E-state index in [4.69, 9.17) is 9.47 Å². The first-order valence-electron chi connectivity index (χ1n) is 5.30. The topological polar surface area (TPSA) is 47.6 Å². The molecule has 0 radical (unpaired) electrons. The van der Waals surface area contributed by atoms with Gasteiger partial charge in [0.15, 0.2) is 0 Å². The lowest BCUT2D eigenvalue weighted by atomic mass is 10.2. The van der Waals surface area contributed by atoms with Gasteiger partial charge in [-0.25, -0.2) is 4.79 Å². The molecule has 0 fully saturated rings. The van der Waals surface area contributed by atoms with Gasteiger partial charge in [0.05, 0.1) is 18.7 Å². The zero-order valence-corrected chi connectivity index (χ0v) is 11.7. The summed E-state index contributed by atoms with van der Waals surface area (Å²) in [7, 11) is 2.98. The van der Waals surface area contributed by atoms with Crippen molar-refractivity contribution in [3.8, 4) is 5.75 Å². The second kappa shape index (κ2) is 6.49. The van der Waals surface area contributed by atoms with E-state index in [-0.39, 0.29) is 12.0 Å². The van der Waals surface area contributed by atoms with Crippen LogP contribution in [-0.2, 0) is 9.53 Å². The molecule has 17 heavy (non-hydrogen) atoms. The van der Waals surface area contributed by atoms with Gasteiger partial charge in [0.2, 0.25) is 0 Å². The Morgan fingerprint density at radius 1 is 1.47 bits per heavy atom. The van der Waals surface area contributed by atoms with E-state index in [1.165, 1.54) is 7.11 Å². The maximum Gasteiger partial charge on any atom is 0.328 e. The van der Waals surface area contributed by atoms with Crippen molar-refractivity contribution in [2.45, 2.75) is 19.4 Å². The monoisotopic (exact) mass is 301 g/mol. The smallest absolute Gasteiger partial charge is 0.328 e. The molecule has 94 valence electrons. The molecule has 0 spiro atoms.